The molecule has 0 bridgehead atoms. The highest BCUT2D eigenvalue weighted by atomic mass is 16.6. The lowest BCUT2D eigenvalue weighted by Gasteiger charge is -2.42. The minimum Gasteiger partial charge on any atom is -0.508 e. The van der Waals surface area contributed by atoms with Gasteiger partial charge in [-0.2, -0.15) is 0 Å². The van der Waals surface area contributed by atoms with Crippen LogP contribution in [-0.4, -0.2) is 52.1 Å². The van der Waals surface area contributed by atoms with Gasteiger partial charge in [0.1, 0.15) is 5.75 Å². The average Bonchev–Trinajstić information content (AvgIpc) is 2.38. The second-order valence-electron chi connectivity index (χ2n) is 5.64. The van der Waals surface area contributed by atoms with Gasteiger partial charge in [-0.1, -0.05) is 0 Å². The van der Waals surface area contributed by atoms with Gasteiger partial charge in [0, 0.05) is 49.4 Å². The van der Waals surface area contributed by atoms with Crippen molar-refractivity contribution in [2.75, 3.05) is 20.1 Å². The zero-order valence-corrected chi connectivity index (χ0v) is 12.1. The number of rotatable bonds is 3. The number of non-ortho nitro benzene ring substituents is 1. The molecule has 2 rings (SSSR count). The average molecular weight is 279 g/mol. The number of benzene rings is 1. The first-order valence-electron chi connectivity index (χ1n) is 6.79. The van der Waals surface area contributed by atoms with Gasteiger partial charge in [-0.3, -0.25) is 15.0 Å². The molecule has 1 saturated heterocycles. The van der Waals surface area contributed by atoms with Crippen molar-refractivity contribution in [2.24, 2.45) is 0 Å². The number of phenols is 1. The molecule has 0 amide bonds. The molecular formula is C14H21N3O3. The predicted molar refractivity (Wildman–Crippen MR) is 76.7 cm³/mol. The maximum Gasteiger partial charge on any atom is 0.270 e. The number of phenolic OH excluding ortho intramolecular Hbond substituents is 1. The molecule has 6 nitrogen and oxygen atoms in total. The minimum atomic E-state index is -0.432. The highest BCUT2D eigenvalue weighted by Crippen LogP contribution is 2.26. The maximum absolute atomic E-state index is 10.8. The summed E-state index contributed by atoms with van der Waals surface area (Å²) in [6, 6.07) is 4.99. The molecule has 1 aliphatic rings. The van der Waals surface area contributed by atoms with E-state index in [0.29, 0.717) is 24.2 Å². The Morgan fingerprint density at radius 3 is 2.70 bits per heavy atom. The van der Waals surface area contributed by atoms with Gasteiger partial charge in [0.15, 0.2) is 0 Å². The molecule has 1 heterocycles. The molecule has 0 spiro atoms. The van der Waals surface area contributed by atoms with Gasteiger partial charge < -0.3 is 10.0 Å². The van der Waals surface area contributed by atoms with Crippen LogP contribution in [0.25, 0.3) is 0 Å². The van der Waals surface area contributed by atoms with Crippen molar-refractivity contribution < 1.29 is 10.0 Å². The van der Waals surface area contributed by atoms with E-state index in [9.17, 15) is 15.2 Å². The first-order chi connectivity index (χ1) is 9.38. The largest absolute Gasteiger partial charge is 0.508 e. The van der Waals surface area contributed by atoms with Crippen LogP contribution >= 0.6 is 0 Å². The van der Waals surface area contributed by atoms with Crippen molar-refractivity contribution in [1.82, 2.24) is 9.80 Å². The summed E-state index contributed by atoms with van der Waals surface area (Å²) < 4.78 is 0. The molecule has 1 N–H and O–H groups in total. The number of aromatic hydroxyl groups is 1. The number of nitro groups is 1. The molecule has 0 saturated carbocycles. The fourth-order valence-corrected chi connectivity index (χ4v) is 2.62. The number of piperazine rings is 1. The van der Waals surface area contributed by atoms with E-state index in [-0.39, 0.29) is 11.4 Å². The van der Waals surface area contributed by atoms with E-state index in [0.717, 1.165) is 13.1 Å². The lowest BCUT2D eigenvalue weighted by atomic mass is 10.1. The van der Waals surface area contributed by atoms with E-state index in [2.05, 4.69) is 30.7 Å². The van der Waals surface area contributed by atoms with Crippen molar-refractivity contribution >= 4 is 5.69 Å². The van der Waals surface area contributed by atoms with E-state index in [1.807, 2.05) is 0 Å². The topological polar surface area (TPSA) is 69.8 Å². The van der Waals surface area contributed by atoms with Gasteiger partial charge in [-0.15, -0.1) is 0 Å². The molecule has 0 aliphatic carbocycles. The maximum atomic E-state index is 10.8. The third-order valence-corrected chi connectivity index (χ3v) is 4.07. The second-order valence-corrected chi connectivity index (χ2v) is 5.64. The Kier molecular flexibility index (Phi) is 4.25. The molecule has 0 radical (unpaired) electrons. The van der Waals surface area contributed by atoms with Gasteiger partial charge in [0.25, 0.3) is 5.69 Å². The van der Waals surface area contributed by atoms with Crippen LogP contribution in [0.15, 0.2) is 18.2 Å². The van der Waals surface area contributed by atoms with E-state index in [1.54, 1.807) is 0 Å². The van der Waals surface area contributed by atoms with E-state index in [4.69, 9.17) is 0 Å². The first kappa shape index (κ1) is 14.7. The first-order valence-corrected chi connectivity index (χ1v) is 6.79. The van der Waals surface area contributed by atoms with Crippen molar-refractivity contribution in [2.45, 2.75) is 32.5 Å². The summed E-state index contributed by atoms with van der Waals surface area (Å²) in [5, 5.41) is 20.7. The van der Waals surface area contributed by atoms with Crippen LogP contribution in [0.1, 0.15) is 19.4 Å². The summed E-state index contributed by atoms with van der Waals surface area (Å²) in [6.45, 7) is 6.67. The molecule has 110 valence electrons. The highest BCUT2D eigenvalue weighted by Gasteiger charge is 2.27. The van der Waals surface area contributed by atoms with E-state index < -0.39 is 4.92 Å². The predicted octanol–water partition coefficient (Wildman–Crippen LogP) is 1.82. The third kappa shape index (κ3) is 3.08. The standard InChI is InChI=1S/C14H21N3O3/c1-10-8-16(11(2)7-15(10)3)9-12-6-13(17(19)20)4-5-14(12)18/h4-6,10-11,18H,7-9H2,1-3H3. The summed E-state index contributed by atoms with van der Waals surface area (Å²) in [4.78, 5) is 14.9. The van der Waals surface area contributed by atoms with E-state index >= 15 is 0 Å². The van der Waals surface area contributed by atoms with Gasteiger partial charge in [0.05, 0.1) is 4.92 Å². The lowest BCUT2D eigenvalue weighted by Crippen LogP contribution is -2.54. The number of nitro benzene ring substituents is 1. The Bertz CT molecular complexity index is 506. The zero-order chi connectivity index (χ0) is 14.9. The molecule has 2 atom stereocenters. The Hall–Kier alpha value is -1.66. The minimum absolute atomic E-state index is 0.0210. The summed E-state index contributed by atoms with van der Waals surface area (Å²) in [5.74, 6) is 0.120. The van der Waals surface area contributed by atoms with Crippen LogP contribution in [0, 0.1) is 10.1 Å². The molecule has 1 aromatic carbocycles. The highest BCUT2D eigenvalue weighted by molar-refractivity contribution is 5.43. The van der Waals surface area contributed by atoms with Gasteiger partial charge >= 0.3 is 0 Å². The van der Waals surface area contributed by atoms with Crippen molar-refractivity contribution in [3.8, 4) is 5.75 Å². The Balaban J connectivity index is 2.17. The lowest BCUT2D eigenvalue weighted by molar-refractivity contribution is -0.385. The summed E-state index contributed by atoms with van der Waals surface area (Å²) >= 11 is 0. The second kappa shape index (κ2) is 5.76. The fourth-order valence-electron chi connectivity index (χ4n) is 2.62. The Morgan fingerprint density at radius 2 is 2.05 bits per heavy atom. The summed E-state index contributed by atoms with van der Waals surface area (Å²) in [5.41, 5.74) is 0.635. The molecule has 0 aromatic heterocycles. The van der Waals surface area contributed by atoms with Crippen molar-refractivity contribution in [3.05, 3.63) is 33.9 Å². The summed E-state index contributed by atoms with van der Waals surface area (Å²) in [7, 11) is 2.10. The SMILES string of the molecule is CC1CN(Cc2cc([N+](=O)[O-])ccc2O)C(C)CN1C. The fraction of sp³-hybridized carbons (Fsp3) is 0.571. The zero-order valence-electron chi connectivity index (χ0n) is 12.1. The van der Waals surface area contributed by atoms with Crippen molar-refractivity contribution in [1.29, 1.82) is 0 Å². The van der Waals surface area contributed by atoms with Gasteiger partial charge in [-0.05, 0) is 27.0 Å². The Morgan fingerprint density at radius 1 is 1.35 bits per heavy atom. The molecule has 6 heteroatoms. The number of nitrogens with zero attached hydrogens (tertiary/aromatic N) is 3. The molecule has 1 aliphatic heterocycles. The quantitative estimate of drug-likeness (QED) is 0.675. The van der Waals surface area contributed by atoms with Crippen LogP contribution in [0.4, 0.5) is 5.69 Å². The molecule has 1 aromatic rings. The van der Waals surface area contributed by atoms with Crippen LogP contribution < -0.4 is 0 Å². The Labute approximate surface area is 118 Å². The van der Waals surface area contributed by atoms with E-state index in [1.165, 1.54) is 18.2 Å². The third-order valence-electron chi connectivity index (χ3n) is 4.07. The monoisotopic (exact) mass is 279 g/mol. The molecule has 2 unspecified atom stereocenters. The molecular weight excluding hydrogens is 258 g/mol. The number of hydrogen-bond donors (Lipinski definition) is 1. The molecule has 20 heavy (non-hydrogen) atoms. The molecule has 1 fully saturated rings. The normalized spacial score (nSPS) is 24.8. The van der Waals surface area contributed by atoms with Crippen molar-refractivity contribution in [3.63, 3.8) is 0 Å². The van der Waals surface area contributed by atoms with Crippen LogP contribution in [-0.2, 0) is 6.54 Å². The number of hydrogen-bond acceptors (Lipinski definition) is 5. The van der Waals surface area contributed by atoms with Gasteiger partial charge in [-0.25, -0.2) is 0 Å². The summed E-state index contributed by atoms with van der Waals surface area (Å²) in [6.07, 6.45) is 0. The van der Waals surface area contributed by atoms with Crippen LogP contribution in [0.3, 0.4) is 0 Å². The van der Waals surface area contributed by atoms with Crippen LogP contribution in [0.2, 0.25) is 0 Å². The smallest absolute Gasteiger partial charge is 0.270 e. The van der Waals surface area contributed by atoms with Gasteiger partial charge in [0.2, 0.25) is 0 Å². The number of likely N-dealkylation sites (N-methyl/N-ethyl adjacent to an activating group) is 1. The van der Waals surface area contributed by atoms with Crippen LogP contribution in [0.5, 0.6) is 5.75 Å².